The Bertz CT molecular complexity index is 1210. The van der Waals surface area contributed by atoms with E-state index in [0.29, 0.717) is 38.4 Å². The Morgan fingerprint density at radius 1 is 1.19 bits per heavy atom. The molecule has 0 spiro atoms. The van der Waals surface area contributed by atoms with Gasteiger partial charge in [-0.25, -0.2) is 13.6 Å². The maximum atomic E-state index is 14.8. The molecule has 37 heavy (non-hydrogen) atoms. The van der Waals surface area contributed by atoms with Crippen molar-refractivity contribution in [3.63, 3.8) is 0 Å². The topological polar surface area (TPSA) is 96.1 Å². The number of hydrazone groups is 1. The van der Waals surface area contributed by atoms with E-state index in [1.54, 1.807) is 18.1 Å². The molecule has 2 heterocycles. The smallest absolute Gasteiger partial charge is 0.342 e. The highest BCUT2D eigenvalue weighted by Gasteiger charge is 2.49. The van der Waals surface area contributed by atoms with E-state index in [2.05, 4.69) is 20.7 Å². The second-order valence-corrected chi connectivity index (χ2v) is 10.0. The molecule has 4 rings (SSSR count). The second-order valence-electron chi connectivity index (χ2n) is 8.76. The summed E-state index contributed by atoms with van der Waals surface area (Å²) in [5, 5.41) is 21.1. The number of rotatable bonds is 6. The molecule has 1 fully saturated rings. The first-order chi connectivity index (χ1) is 18.0. The summed E-state index contributed by atoms with van der Waals surface area (Å²) in [4.78, 5) is 18.4. The van der Waals surface area contributed by atoms with Crippen LogP contribution in [0.25, 0.3) is 0 Å². The normalized spacial score (nSPS) is 19.8. The highest BCUT2D eigenvalue weighted by atomic mass is 32.2. The van der Waals surface area contributed by atoms with Gasteiger partial charge in [-0.05, 0) is 55.9 Å². The zero-order chi connectivity index (χ0) is 26.3. The van der Waals surface area contributed by atoms with Crippen molar-refractivity contribution in [2.45, 2.75) is 37.0 Å². The Balaban J connectivity index is 1.71. The Morgan fingerprint density at radius 2 is 1.95 bits per heavy atom. The van der Waals surface area contributed by atoms with Gasteiger partial charge in [-0.15, -0.1) is 4.99 Å². The molecule has 2 N–H and O–H groups in total. The summed E-state index contributed by atoms with van der Waals surface area (Å²) < 4.78 is 28.9. The molecule has 2 aliphatic rings. The summed E-state index contributed by atoms with van der Waals surface area (Å²) in [7, 11) is 1.66. The number of halogens is 2. The Hall–Kier alpha value is -3.65. The van der Waals surface area contributed by atoms with Crippen LogP contribution in [0.3, 0.4) is 0 Å². The van der Waals surface area contributed by atoms with Crippen molar-refractivity contribution in [3.8, 4) is 6.19 Å². The van der Waals surface area contributed by atoms with E-state index in [1.807, 2.05) is 30.3 Å². The number of nitrogens with one attached hydrogen (secondary N) is 2. The number of likely N-dealkylation sites (tertiary alicyclic amines) is 1. The molecule has 11 heteroatoms. The molecule has 2 aromatic carbocycles. The molecule has 0 saturated carbocycles. The van der Waals surface area contributed by atoms with Crippen LogP contribution in [0, 0.1) is 23.1 Å². The SMILES string of the molecule is CN/C(=N/C#N)NCCCC1(c2ccccc2)SC(c2cc(F)ccc2F)=NN1C(=O)N1CCCCC1. The molecule has 1 saturated heterocycles. The van der Waals surface area contributed by atoms with E-state index in [9.17, 15) is 13.6 Å². The lowest BCUT2D eigenvalue weighted by Gasteiger charge is -2.39. The molecule has 0 radical (unpaired) electrons. The van der Waals surface area contributed by atoms with Crippen LogP contribution in [-0.4, -0.2) is 53.6 Å². The minimum atomic E-state index is -0.974. The van der Waals surface area contributed by atoms with Crippen molar-refractivity contribution in [1.29, 1.82) is 5.26 Å². The van der Waals surface area contributed by atoms with Crippen LogP contribution in [0.4, 0.5) is 13.6 Å². The van der Waals surface area contributed by atoms with Gasteiger partial charge in [0.05, 0.1) is 0 Å². The molecule has 2 aliphatic heterocycles. The summed E-state index contributed by atoms with van der Waals surface area (Å²) in [5.41, 5.74) is 0.858. The highest BCUT2D eigenvalue weighted by molar-refractivity contribution is 8.15. The van der Waals surface area contributed by atoms with Gasteiger partial charge < -0.3 is 15.5 Å². The van der Waals surface area contributed by atoms with E-state index >= 15 is 0 Å². The molecular weight excluding hydrogens is 496 g/mol. The minimum absolute atomic E-state index is 0.0241. The van der Waals surface area contributed by atoms with Crippen LogP contribution in [0.1, 0.15) is 43.2 Å². The molecule has 0 aromatic heterocycles. The van der Waals surface area contributed by atoms with Crippen molar-refractivity contribution < 1.29 is 13.6 Å². The second kappa shape index (κ2) is 12.1. The third kappa shape index (κ3) is 5.85. The van der Waals surface area contributed by atoms with E-state index in [1.165, 1.54) is 16.8 Å². The predicted octanol–water partition coefficient (Wildman–Crippen LogP) is 4.56. The van der Waals surface area contributed by atoms with Gasteiger partial charge in [0.25, 0.3) is 0 Å². The van der Waals surface area contributed by atoms with Gasteiger partial charge in [0.2, 0.25) is 12.2 Å². The number of benzene rings is 2. The Kier molecular flexibility index (Phi) is 8.61. The van der Waals surface area contributed by atoms with E-state index < -0.39 is 16.5 Å². The van der Waals surface area contributed by atoms with Gasteiger partial charge in [-0.3, -0.25) is 0 Å². The maximum Gasteiger partial charge on any atom is 0.342 e. The lowest BCUT2D eigenvalue weighted by Crippen LogP contribution is -2.50. The van der Waals surface area contributed by atoms with E-state index in [4.69, 9.17) is 5.26 Å². The van der Waals surface area contributed by atoms with E-state index in [-0.39, 0.29) is 16.6 Å². The monoisotopic (exact) mass is 525 g/mol. The van der Waals surface area contributed by atoms with Crippen LogP contribution < -0.4 is 10.6 Å². The zero-order valence-electron chi connectivity index (χ0n) is 20.6. The van der Waals surface area contributed by atoms with Crippen LogP contribution in [-0.2, 0) is 4.87 Å². The van der Waals surface area contributed by atoms with Gasteiger partial charge in [-0.2, -0.15) is 15.4 Å². The Morgan fingerprint density at radius 3 is 2.65 bits per heavy atom. The number of urea groups is 1. The van der Waals surface area contributed by atoms with E-state index in [0.717, 1.165) is 43.0 Å². The molecule has 8 nitrogen and oxygen atoms in total. The summed E-state index contributed by atoms with van der Waals surface area (Å²) in [6, 6.07) is 12.5. The average molecular weight is 526 g/mol. The summed E-state index contributed by atoms with van der Waals surface area (Å²) in [6.07, 6.45) is 5.67. The van der Waals surface area contributed by atoms with Crippen LogP contribution in [0.5, 0.6) is 0 Å². The average Bonchev–Trinajstić information content (AvgIpc) is 3.32. The van der Waals surface area contributed by atoms with Crippen molar-refractivity contribution in [2.24, 2.45) is 10.1 Å². The van der Waals surface area contributed by atoms with Crippen molar-refractivity contribution in [3.05, 3.63) is 71.3 Å². The van der Waals surface area contributed by atoms with Crippen LogP contribution in [0.15, 0.2) is 58.6 Å². The van der Waals surface area contributed by atoms with Gasteiger partial charge in [0.15, 0.2) is 0 Å². The maximum absolute atomic E-state index is 14.8. The fourth-order valence-electron chi connectivity index (χ4n) is 4.53. The van der Waals surface area contributed by atoms with Gasteiger partial charge in [0.1, 0.15) is 21.5 Å². The third-order valence-electron chi connectivity index (χ3n) is 6.37. The molecule has 0 aliphatic carbocycles. The minimum Gasteiger partial charge on any atom is -0.359 e. The summed E-state index contributed by atoms with van der Waals surface area (Å²) in [5.74, 6) is -0.836. The number of thioether (sulfide) groups is 1. The third-order valence-corrected chi connectivity index (χ3v) is 7.82. The zero-order valence-corrected chi connectivity index (χ0v) is 21.4. The van der Waals surface area contributed by atoms with Gasteiger partial charge >= 0.3 is 6.03 Å². The first kappa shape index (κ1) is 26.4. The number of nitriles is 1. The van der Waals surface area contributed by atoms with Crippen molar-refractivity contribution in [1.82, 2.24) is 20.5 Å². The number of nitrogens with zero attached hydrogens (tertiary/aromatic N) is 5. The van der Waals surface area contributed by atoms with Gasteiger partial charge in [-0.1, -0.05) is 42.1 Å². The Labute approximate surface area is 219 Å². The highest BCUT2D eigenvalue weighted by Crippen LogP contribution is 2.51. The molecule has 2 aromatic rings. The summed E-state index contributed by atoms with van der Waals surface area (Å²) in [6.45, 7) is 1.72. The lowest BCUT2D eigenvalue weighted by molar-refractivity contribution is 0.115. The number of hydrogen-bond donors (Lipinski definition) is 2. The molecular formula is C26H29F2N7OS. The number of hydrogen-bond acceptors (Lipinski definition) is 5. The standard InChI is InChI=1S/C26H29F2N7OS/c1-30-24(32-18-29)31-14-8-13-26(19-9-4-2-5-10-19)35(25(36)34-15-6-3-7-16-34)33-23(37-26)21-17-20(27)11-12-22(21)28/h2,4-5,9-12,17H,3,6-8,13-16H2,1H3,(H2,30,31,32). The fourth-order valence-corrected chi connectivity index (χ4v) is 5.95. The first-order valence-corrected chi connectivity index (χ1v) is 13.1. The number of amides is 2. The van der Waals surface area contributed by atoms with Crippen molar-refractivity contribution >= 4 is 28.8 Å². The van der Waals surface area contributed by atoms with Crippen molar-refractivity contribution in [2.75, 3.05) is 26.7 Å². The number of carbonyl (C=O) groups excluding carboxylic acids is 1. The number of aliphatic imine (C=N–C) groups is 1. The fraction of sp³-hybridized carbons (Fsp3) is 0.385. The lowest BCUT2D eigenvalue weighted by atomic mass is 10.00. The quantitative estimate of drug-likeness (QED) is 0.250. The van der Waals surface area contributed by atoms with Crippen LogP contribution >= 0.6 is 11.8 Å². The largest absolute Gasteiger partial charge is 0.359 e. The van der Waals surface area contributed by atoms with Gasteiger partial charge in [0, 0.05) is 32.2 Å². The first-order valence-electron chi connectivity index (χ1n) is 12.2. The van der Waals surface area contributed by atoms with Crippen LogP contribution in [0.2, 0.25) is 0 Å². The molecule has 1 unspecified atom stereocenters. The molecule has 0 bridgehead atoms. The summed E-state index contributed by atoms with van der Waals surface area (Å²) >= 11 is 1.26. The number of guanidine groups is 1. The molecule has 2 amide bonds. The molecule has 194 valence electrons. The number of carbonyl (C=O) groups is 1. The predicted molar refractivity (Wildman–Crippen MR) is 141 cm³/mol. The molecule has 1 atom stereocenters. The number of piperidine rings is 1.